The third kappa shape index (κ3) is 3.69. The van der Waals surface area contributed by atoms with E-state index in [1.54, 1.807) is 55.6 Å². The standard InChI is InChI=1S/C25H20ClNO5/c1-31-18-11-9-17(10-12-18)27-22(15-6-4-3-5-7-15)21(24(29)25(27)30)23(28)16-8-13-20(32-2)19(26)14-16/h3-14,22,28H,1-2H3/b23-21-. The molecule has 1 aliphatic rings. The van der Waals surface area contributed by atoms with E-state index in [9.17, 15) is 14.7 Å². The van der Waals surface area contributed by atoms with E-state index >= 15 is 0 Å². The molecule has 162 valence electrons. The highest BCUT2D eigenvalue weighted by Gasteiger charge is 2.46. The van der Waals surface area contributed by atoms with Gasteiger partial charge in [0.05, 0.1) is 30.9 Å². The lowest BCUT2D eigenvalue weighted by Crippen LogP contribution is -2.29. The van der Waals surface area contributed by atoms with Crippen molar-refractivity contribution in [1.29, 1.82) is 0 Å². The van der Waals surface area contributed by atoms with Gasteiger partial charge in [-0.15, -0.1) is 0 Å². The zero-order valence-electron chi connectivity index (χ0n) is 17.4. The van der Waals surface area contributed by atoms with E-state index in [-0.39, 0.29) is 16.4 Å². The number of aliphatic hydroxyl groups excluding tert-OH is 1. The van der Waals surface area contributed by atoms with Crippen LogP contribution in [0.1, 0.15) is 17.2 Å². The number of halogens is 1. The van der Waals surface area contributed by atoms with Gasteiger partial charge in [0.25, 0.3) is 11.7 Å². The monoisotopic (exact) mass is 449 g/mol. The van der Waals surface area contributed by atoms with Gasteiger partial charge in [-0.1, -0.05) is 41.9 Å². The van der Waals surface area contributed by atoms with Gasteiger partial charge in [-0.3, -0.25) is 14.5 Å². The summed E-state index contributed by atoms with van der Waals surface area (Å²) in [7, 11) is 3.03. The molecule has 6 nitrogen and oxygen atoms in total. The Morgan fingerprint density at radius 3 is 2.22 bits per heavy atom. The molecule has 1 fully saturated rings. The van der Waals surface area contributed by atoms with Gasteiger partial charge in [0.1, 0.15) is 17.3 Å². The number of amides is 1. The number of aliphatic hydroxyl groups is 1. The summed E-state index contributed by atoms with van der Waals surface area (Å²) >= 11 is 6.22. The molecule has 0 spiro atoms. The molecule has 0 aliphatic carbocycles. The molecule has 1 amide bonds. The van der Waals surface area contributed by atoms with Crippen molar-refractivity contribution in [2.24, 2.45) is 0 Å². The molecule has 1 atom stereocenters. The summed E-state index contributed by atoms with van der Waals surface area (Å²) in [5.41, 5.74) is 1.49. The number of hydrogen-bond acceptors (Lipinski definition) is 5. The van der Waals surface area contributed by atoms with Crippen molar-refractivity contribution >= 4 is 34.7 Å². The molecule has 3 aromatic carbocycles. The summed E-state index contributed by atoms with van der Waals surface area (Å²) in [6, 6.07) is 19.8. The van der Waals surface area contributed by atoms with E-state index in [4.69, 9.17) is 21.1 Å². The summed E-state index contributed by atoms with van der Waals surface area (Å²) in [4.78, 5) is 27.6. The number of Topliss-reactive ketones (excluding diaryl/α,β-unsaturated/α-hetero) is 1. The van der Waals surface area contributed by atoms with Crippen molar-refractivity contribution in [1.82, 2.24) is 0 Å². The number of methoxy groups -OCH3 is 2. The van der Waals surface area contributed by atoms with E-state index < -0.39 is 17.7 Å². The second-order valence-corrected chi connectivity index (χ2v) is 7.53. The second-order valence-electron chi connectivity index (χ2n) is 7.13. The third-order valence-electron chi connectivity index (χ3n) is 5.34. The fraction of sp³-hybridized carbons (Fsp3) is 0.120. The molecule has 0 radical (unpaired) electrons. The van der Waals surface area contributed by atoms with Crippen molar-refractivity contribution in [2.75, 3.05) is 19.1 Å². The predicted molar refractivity (Wildman–Crippen MR) is 122 cm³/mol. The Kier molecular flexibility index (Phi) is 5.88. The third-order valence-corrected chi connectivity index (χ3v) is 5.63. The van der Waals surface area contributed by atoms with Crippen molar-refractivity contribution in [3.8, 4) is 11.5 Å². The molecule has 1 aliphatic heterocycles. The number of carbonyl (C=O) groups is 2. The minimum absolute atomic E-state index is 0.0155. The minimum Gasteiger partial charge on any atom is -0.507 e. The van der Waals surface area contributed by atoms with Gasteiger partial charge in [-0.05, 0) is 48.0 Å². The lowest BCUT2D eigenvalue weighted by molar-refractivity contribution is -0.132. The Balaban J connectivity index is 1.90. The molecule has 0 bridgehead atoms. The normalized spacial score (nSPS) is 17.5. The van der Waals surface area contributed by atoms with E-state index in [0.717, 1.165) is 0 Å². The van der Waals surface area contributed by atoms with E-state index in [1.165, 1.54) is 18.1 Å². The number of carbonyl (C=O) groups excluding carboxylic acids is 2. The van der Waals surface area contributed by atoms with Crippen molar-refractivity contribution in [3.63, 3.8) is 0 Å². The highest BCUT2D eigenvalue weighted by Crippen LogP contribution is 2.42. The van der Waals surface area contributed by atoms with Crippen LogP contribution in [0.4, 0.5) is 5.69 Å². The molecular formula is C25H20ClNO5. The number of ether oxygens (including phenoxy) is 2. The van der Waals surface area contributed by atoms with Crippen LogP contribution < -0.4 is 14.4 Å². The lowest BCUT2D eigenvalue weighted by Gasteiger charge is -2.25. The Morgan fingerprint density at radius 2 is 1.62 bits per heavy atom. The van der Waals surface area contributed by atoms with Crippen molar-refractivity contribution < 1.29 is 24.2 Å². The Labute approximate surface area is 190 Å². The molecule has 7 heteroatoms. The molecule has 4 rings (SSSR count). The fourth-order valence-electron chi connectivity index (χ4n) is 3.76. The first kappa shape index (κ1) is 21.5. The van der Waals surface area contributed by atoms with Crippen molar-refractivity contribution in [2.45, 2.75) is 6.04 Å². The minimum atomic E-state index is -0.814. The molecule has 1 heterocycles. The van der Waals surface area contributed by atoms with Crippen LogP contribution in [-0.2, 0) is 9.59 Å². The number of rotatable bonds is 5. The van der Waals surface area contributed by atoms with Gasteiger partial charge in [-0.2, -0.15) is 0 Å². The van der Waals surface area contributed by atoms with E-state index in [1.807, 2.05) is 18.2 Å². The van der Waals surface area contributed by atoms with Crippen LogP contribution in [0.25, 0.3) is 5.76 Å². The first-order valence-corrected chi connectivity index (χ1v) is 10.2. The summed E-state index contributed by atoms with van der Waals surface area (Å²) in [5, 5.41) is 11.4. The van der Waals surface area contributed by atoms with Crippen LogP contribution >= 0.6 is 11.6 Å². The summed E-state index contributed by atoms with van der Waals surface area (Å²) in [6.07, 6.45) is 0. The maximum atomic E-state index is 13.1. The first-order chi connectivity index (χ1) is 15.5. The van der Waals surface area contributed by atoms with Gasteiger partial charge in [0.2, 0.25) is 0 Å². The van der Waals surface area contributed by atoms with Gasteiger partial charge < -0.3 is 14.6 Å². The highest BCUT2D eigenvalue weighted by atomic mass is 35.5. The van der Waals surface area contributed by atoms with Crippen LogP contribution in [0.15, 0.2) is 78.4 Å². The van der Waals surface area contributed by atoms with Crippen LogP contribution in [0.5, 0.6) is 11.5 Å². The van der Waals surface area contributed by atoms with Gasteiger partial charge in [0, 0.05) is 11.3 Å². The van der Waals surface area contributed by atoms with Crippen molar-refractivity contribution in [3.05, 3.63) is 94.5 Å². The topological polar surface area (TPSA) is 76.1 Å². The summed E-state index contributed by atoms with van der Waals surface area (Å²) in [5.74, 6) is -0.766. The molecule has 0 saturated carbocycles. The Bertz CT molecular complexity index is 1200. The zero-order valence-corrected chi connectivity index (χ0v) is 18.2. The second kappa shape index (κ2) is 8.77. The highest BCUT2D eigenvalue weighted by molar-refractivity contribution is 6.51. The Morgan fingerprint density at radius 1 is 0.938 bits per heavy atom. The number of anilines is 1. The summed E-state index contributed by atoms with van der Waals surface area (Å²) < 4.78 is 10.4. The van der Waals surface area contributed by atoms with Crippen LogP contribution in [-0.4, -0.2) is 31.0 Å². The van der Waals surface area contributed by atoms with Crippen LogP contribution in [0.3, 0.4) is 0 Å². The lowest BCUT2D eigenvalue weighted by atomic mass is 9.95. The fourth-order valence-corrected chi connectivity index (χ4v) is 4.02. The molecule has 1 unspecified atom stereocenters. The average Bonchev–Trinajstić information content (AvgIpc) is 3.09. The molecule has 1 N–H and O–H groups in total. The number of benzene rings is 3. The van der Waals surface area contributed by atoms with Gasteiger partial charge >= 0.3 is 0 Å². The maximum Gasteiger partial charge on any atom is 0.300 e. The number of nitrogens with zero attached hydrogens (tertiary/aromatic N) is 1. The molecular weight excluding hydrogens is 430 g/mol. The number of ketones is 1. The van der Waals surface area contributed by atoms with Gasteiger partial charge in [-0.25, -0.2) is 0 Å². The SMILES string of the molecule is COc1ccc(N2C(=O)C(=O)/C(=C(\O)c3ccc(OC)c(Cl)c3)C2c2ccccc2)cc1. The first-order valence-electron chi connectivity index (χ1n) is 9.80. The number of hydrogen-bond donors (Lipinski definition) is 1. The molecule has 1 saturated heterocycles. The van der Waals surface area contributed by atoms with E-state index in [0.29, 0.717) is 28.3 Å². The zero-order chi connectivity index (χ0) is 22.8. The smallest absolute Gasteiger partial charge is 0.300 e. The van der Waals surface area contributed by atoms with Crippen LogP contribution in [0.2, 0.25) is 5.02 Å². The Hall–Kier alpha value is -3.77. The molecule has 32 heavy (non-hydrogen) atoms. The summed E-state index contributed by atoms with van der Waals surface area (Å²) in [6.45, 7) is 0. The predicted octanol–water partition coefficient (Wildman–Crippen LogP) is 4.98. The average molecular weight is 450 g/mol. The van der Waals surface area contributed by atoms with E-state index in [2.05, 4.69) is 0 Å². The quantitative estimate of drug-likeness (QED) is 0.337. The van der Waals surface area contributed by atoms with Crippen LogP contribution in [0, 0.1) is 0 Å². The molecule has 0 aromatic heterocycles. The maximum absolute atomic E-state index is 13.1. The largest absolute Gasteiger partial charge is 0.507 e. The molecule has 3 aromatic rings. The van der Waals surface area contributed by atoms with Gasteiger partial charge in [0.15, 0.2) is 0 Å².